The maximum atomic E-state index is 13.4. The van der Waals surface area contributed by atoms with E-state index in [1.165, 1.54) is 49.7 Å². The molecule has 2 rings (SSSR count). The standard InChI is InChI=1S/C15H13FN2O3/c1-21-14-7-2-10(8-13(14)16)9-17-18-15(20)11-3-5-12(19)6-4-11/h2-9,19H,1H3,(H,18,20)/b17-9-. The number of hydrogen-bond acceptors (Lipinski definition) is 4. The first-order chi connectivity index (χ1) is 10.1. The summed E-state index contributed by atoms with van der Waals surface area (Å²) in [6, 6.07) is 10.1. The fourth-order valence-corrected chi connectivity index (χ4v) is 1.61. The lowest BCUT2D eigenvalue weighted by Gasteiger charge is -2.02. The second-order valence-electron chi connectivity index (χ2n) is 4.14. The minimum Gasteiger partial charge on any atom is -0.508 e. The molecule has 0 aliphatic rings. The number of hydrogen-bond donors (Lipinski definition) is 2. The average Bonchev–Trinajstić information content (AvgIpc) is 2.48. The van der Waals surface area contributed by atoms with Gasteiger partial charge in [-0.25, -0.2) is 9.82 Å². The number of carbonyl (C=O) groups is 1. The van der Waals surface area contributed by atoms with Gasteiger partial charge in [0.25, 0.3) is 5.91 Å². The van der Waals surface area contributed by atoms with E-state index < -0.39 is 11.7 Å². The number of halogens is 1. The van der Waals surface area contributed by atoms with Gasteiger partial charge in [-0.2, -0.15) is 5.10 Å². The number of phenolic OH excluding ortho intramolecular Hbond substituents is 1. The molecular formula is C15H13FN2O3. The molecule has 21 heavy (non-hydrogen) atoms. The molecule has 0 spiro atoms. The van der Waals surface area contributed by atoms with Gasteiger partial charge in [0, 0.05) is 5.56 Å². The lowest BCUT2D eigenvalue weighted by Crippen LogP contribution is -2.17. The van der Waals surface area contributed by atoms with E-state index in [0.717, 1.165) is 0 Å². The van der Waals surface area contributed by atoms with Crippen molar-refractivity contribution >= 4 is 12.1 Å². The fraction of sp³-hybridized carbons (Fsp3) is 0.0667. The van der Waals surface area contributed by atoms with Gasteiger partial charge in [-0.15, -0.1) is 0 Å². The van der Waals surface area contributed by atoms with Crippen molar-refractivity contribution in [3.05, 3.63) is 59.4 Å². The molecule has 0 saturated heterocycles. The summed E-state index contributed by atoms with van der Waals surface area (Å²) in [5.74, 6) is -0.726. The van der Waals surface area contributed by atoms with Gasteiger partial charge < -0.3 is 9.84 Å². The quantitative estimate of drug-likeness (QED) is 0.670. The number of amides is 1. The molecule has 0 bridgehead atoms. The minimum atomic E-state index is -0.508. The van der Waals surface area contributed by atoms with Gasteiger partial charge in [0.15, 0.2) is 11.6 Å². The number of methoxy groups -OCH3 is 1. The van der Waals surface area contributed by atoms with Crippen LogP contribution in [0.4, 0.5) is 4.39 Å². The summed E-state index contributed by atoms with van der Waals surface area (Å²) < 4.78 is 18.2. The van der Waals surface area contributed by atoms with Crippen LogP contribution in [0.15, 0.2) is 47.6 Å². The molecular weight excluding hydrogens is 275 g/mol. The van der Waals surface area contributed by atoms with E-state index in [1.54, 1.807) is 6.07 Å². The largest absolute Gasteiger partial charge is 0.508 e. The van der Waals surface area contributed by atoms with E-state index in [9.17, 15) is 9.18 Å². The highest BCUT2D eigenvalue weighted by Gasteiger charge is 2.04. The Balaban J connectivity index is 2.00. The van der Waals surface area contributed by atoms with Crippen molar-refractivity contribution in [1.29, 1.82) is 0 Å². The SMILES string of the molecule is COc1ccc(/C=N\NC(=O)c2ccc(O)cc2)cc1F. The van der Waals surface area contributed by atoms with Crippen LogP contribution in [0.2, 0.25) is 0 Å². The first-order valence-corrected chi connectivity index (χ1v) is 6.06. The van der Waals surface area contributed by atoms with Gasteiger partial charge in [0.1, 0.15) is 5.75 Å². The highest BCUT2D eigenvalue weighted by molar-refractivity contribution is 5.94. The second kappa shape index (κ2) is 6.51. The number of rotatable bonds is 4. The van der Waals surface area contributed by atoms with Crippen molar-refractivity contribution in [3.63, 3.8) is 0 Å². The topological polar surface area (TPSA) is 70.9 Å². The Kier molecular flexibility index (Phi) is 4.50. The van der Waals surface area contributed by atoms with Crippen LogP contribution in [-0.2, 0) is 0 Å². The number of carbonyl (C=O) groups excluding carboxylic acids is 1. The van der Waals surface area contributed by atoms with Crippen LogP contribution in [0.25, 0.3) is 0 Å². The highest BCUT2D eigenvalue weighted by atomic mass is 19.1. The van der Waals surface area contributed by atoms with Crippen molar-refractivity contribution in [2.45, 2.75) is 0 Å². The lowest BCUT2D eigenvalue weighted by atomic mass is 10.2. The smallest absolute Gasteiger partial charge is 0.271 e. The first kappa shape index (κ1) is 14.5. The van der Waals surface area contributed by atoms with E-state index in [4.69, 9.17) is 9.84 Å². The number of benzene rings is 2. The second-order valence-corrected chi connectivity index (χ2v) is 4.14. The van der Waals surface area contributed by atoms with Gasteiger partial charge in [0.2, 0.25) is 0 Å². The number of nitrogens with one attached hydrogen (secondary N) is 1. The number of phenols is 1. The van der Waals surface area contributed by atoms with Crippen LogP contribution >= 0.6 is 0 Å². The van der Waals surface area contributed by atoms with E-state index in [1.807, 2.05) is 0 Å². The molecule has 0 unspecified atom stereocenters. The third-order valence-electron chi connectivity index (χ3n) is 2.69. The van der Waals surface area contributed by atoms with Crippen molar-refractivity contribution in [2.24, 2.45) is 5.10 Å². The van der Waals surface area contributed by atoms with Crippen LogP contribution in [0, 0.1) is 5.82 Å². The molecule has 0 heterocycles. The maximum Gasteiger partial charge on any atom is 0.271 e. The number of hydrazone groups is 1. The Morgan fingerprint density at radius 3 is 2.62 bits per heavy atom. The summed E-state index contributed by atoms with van der Waals surface area (Å²) in [6.45, 7) is 0. The van der Waals surface area contributed by atoms with Gasteiger partial charge >= 0.3 is 0 Å². The molecule has 2 aromatic rings. The van der Waals surface area contributed by atoms with E-state index in [2.05, 4.69) is 10.5 Å². The summed E-state index contributed by atoms with van der Waals surface area (Å²) in [5, 5.41) is 12.9. The molecule has 1 amide bonds. The zero-order valence-corrected chi connectivity index (χ0v) is 11.2. The van der Waals surface area contributed by atoms with Gasteiger partial charge in [0.05, 0.1) is 13.3 Å². The monoisotopic (exact) mass is 288 g/mol. The van der Waals surface area contributed by atoms with Gasteiger partial charge in [-0.1, -0.05) is 0 Å². The Morgan fingerprint density at radius 2 is 2.00 bits per heavy atom. The zero-order chi connectivity index (χ0) is 15.2. The number of aromatic hydroxyl groups is 1. The van der Waals surface area contributed by atoms with Crippen LogP contribution < -0.4 is 10.2 Å². The predicted molar refractivity (Wildman–Crippen MR) is 76.1 cm³/mol. The van der Waals surface area contributed by atoms with Gasteiger partial charge in [-0.3, -0.25) is 4.79 Å². The van der Waals surface area contributed by atoms with Crippen molar-refractivity contribution in [1.82, 2.24) is 5.43 Å². The number of nitrogens with zero attached hydrogens (tertiary/aromatic N) is 1. The third-order valence-corrected chi connectivity index (χ3v) is 2.69. The molecule has 6 heteroatoms. The zero-order valence-electron chi connectivity index (χ0n) is 11.2. The third kappa shape index (κ3) is 3.79. The van der Waals surface area contributed by atoms with Crippen molar-refractivity contribution in [3.8, 4) is 11.5 Å². The molecule has 5 nitrogen and oxygen atoms in total. The summed E-state index contributed by atoms with van der Waals surface area (Å²) in [5.41, 5.74) is 3.15. The minimum absolute atomic E-state index is 0.0729. The molecule has 0 radical (unpaired) electrons. The predicted octanol–water partition coefficient (Wildman–Crippen LogP) is 2.30. The lowest BCUT2D eigenvalue weighted by molar-refractivity contribution is 0.0955. The summed E-state index contributed by atoms with van der Waals surface area (Å²) in [6.07, 6.45) is 1.32. The summed E-state index contributed by atoms with van der Waals surface area (Å²) in [7, 11) is 1.38. The average molecular weight is 288 g/mol. The maximum absolute atomic E-state index is 13.4. The molecule has 2 N–H and O–H groups in total. The van der Waals surface area contributed by atoms with Crippen molar-refractivity contribution in [2.75, 3.05) is 7.11 Å². The molecule has 0 saturated carbocycles. The Labute approximate surface area is 120 Å². The molecule has 0 aromatic heterocycles. The van der Waals surface area contributed by atoms with Crippen LogP contribution in [0.3, 0.4) is 0 Å². The van der Waals surface area contributed by atoms with Crippen molar-refractivity contribution < 1.29 is 19.0 Å². The molecule has 0 fully saturated rings. The number of ether oxygens (including phenoxy) is 1. The van der Waals surface area contributed by atoms with E-state index in [-0.39, 0.29) is 11.5 Å². The summed E-state index contributed by atoms with van der Waals surface area (Å²) >= 11 is 0. The summed E-state index contributed by atoms with van der Waals surface area (Å²) in [4.78, 5) is 11.7. The molecule has 0 atom stereocenters. The van der Waals surface area contributed by atoms with Gasteiger partial charge in [-0.05, 0) is 48.0 Å². The normalized spacial score (nSPS) is 10.6. The molecule has 0 aliphatic carbocycles. The Bertz CT molecular complexity index is 669. The van der Waals surface area contributed by atoms with Crippen LogP contribution in [0.1, 0.15) is 15.9 Å². The highest BCUT2D eigenvalue weighted by Crippen LogP contribution is 2.16. The molecule has 108 valence electrons. The first-order valence-electron chi connectivity index (χ1n) is 6.06. The van der Waals surface area contributed by atoms with Crippen LogP contribution in [-0.4, -0.2) is 24.3 Å². The van der Waals surface area contributed by atoms with E-state index in [0.29, 0.717) is 11.1 Å². The fourth-order valence-electron chi connectivity index (χ4n) is 1.61. The van der Waals surface area contributed by atoms with Crippen LogP contribution in [0.5, 0.6) is 11.5 Å². The Hall–Kier alpha value is -2.89. The molecule has 2 aromatic carbocycles. The Morgan fingerprint density at radius 1 is 1.29 bits per heavy atom. The molecule has 0 aliphatic heterocycles. The van der Waals surface area contributed by atoms with E-state index >= 15 is 0 Å².